The molecule has 4 fully saturated rings. The highest BCUT2D eigenvalue weighted by atomic mass is 35.5. The Morgan fingerprint density at radius 2 is 1.58 bits per heavy atom. The highest BCUT2D eigenvalue weighted by molar-refractivity contribution is 6.33. The van der Waals surface area contributed by atoms with Crippen LogP contribution in [0.5, 0.6) is 0 Å². The molecule has 2 aromatic heterocycles. The standard InChI is InChI=1S/C47H53ClFN9O4/c1-54-41-28-33(7-10-39(41)58(47(54)62)40-11-12-42(59)52-45(40)61)31-13-23-56(24-14-31)37-17-20-55(21-18-37)22-19-43(60)57-25-15-36(16-26-57)51-46-50-29-38(48)44(53-46)34-4-2-3-32(27-34)30-5-8-35(49)9-6-30/h2-10,27-29,31,36-37,40H,11-26H2,1H3,(H,50,51,53)(H,52,59,61). The summed E-state index contributed by atoms with van der Waals surface area (Å²) in [7, 11) is 1.75. The maximum Gasteiger partial charge on any atom is 0.329 e. The second-order valence-corrected chi connectivity index (χ2v) is 17.7. The maximum absolute atomic E-state index is 13.5. The molecule has 0 radical (unpaired) electrons. The van der Waals surface area contributed by atoms with Crippen LogP contribution in [-0.4, -0.2) is 109 Å². The number of piperidine rings is 4. The van der Waals surface area contributed by atoms with E-state index >= 15 is 0 Å². The molecule has 2 N–H and O–H groups in total. The lowest BCUT2D eigenvalue weighted by atomic mass is 9.87. The number of imidazole rings is 1. The Kier molecular flexibility index (Phi) is 12.2. The molecule has 15 heteroatoms. The number of anilines is 1. The van der Waals surface area contributed by atoms with Crippen LogP contribution in [-0.2, 0) is 21.4 Å². The van der Waals surface area contributed by atoms with Crippen molar-refractivity contribution >= 4 is 46.3 Å². The van der Waals surface area contributed by atoms with Crippen LogP contribution in [0.4, 0.5) is 10.3 Å². The summed E-state index contributed by atoms with van der Waals surface area (Å²) in [5.74, 6) is 0.128. The molecule has 0 aliphatic carbocycles. The number of aryl methyl sites for hydroxylation is 1. The van der Waals surface area contributed by atoms with E-state index in [9.17, 15) is 23.6 Å². The number of carbonyl (C=O) groups excluding carboxylic acids is 3. The van der Waals surface area contributed by atoms with Gasteiger partial charge in [-0.3, -0.25) is 28.8 Å². The van der Waals surface area contributed by atoms with E-state index in [1.807, 2.05) is 35.2 Å². The molecule has 4 saturated heterocycles. The van der Waals surface area contributed by atoms with Crippen LogP contribution in [0.1, 0.15) is 75.3 Å². The van der Waals surface area contributed by atoms with Gasteiger partial charge < -0.3 is 20.0 Å². The van der Waals surface area contributed by atoms with Crippen molar-refractivity contribution in [2.45, 2.75) is 81.8 Å². The van der Waals surface area contributed by atoms with E-state index < -0.39 is 11.9 Å². The van der Waals surface area contributed by atoms with Gasteiger partial charge in [0, 0.05) is 57.2 Å². The maximum atomic E-state index is 13.5. The van der Waals surface area contributed by atoms with Crippen LogP contribution in [0.3, 0.4) is 0 Å². The minimum Gasteiger partial charge on any atom is -0.351 e. The van der Waals surface area contributed by atoms with Crippen LogP contribution in [0.15, 0.2) is 77.7 Å². The second-order valence-electron chi connectivity index (χ2n) is 17.3. The molecule has 62 heavy (non-hydrogen) atoms. The molecular formula is C47H53ClFN9O4. The molecule has 1 unspecified atom stereocenters. The van der Waals surface area contributed by atoms with Gasteiger partial charge in [-0.25, -0.2) is 19.2 Å². The van der Waals surface area contributed by atoms with E-state index in [0.717, 1.165) is 99.0 Å². The first-order chi connectivity index (χ1) is 30.1. The van der Waals surface area contributed by atoms with Crippen molar-refractivity contribution in [3.05, 3.63) is 99.8 Å². The van der Waals surface area contributed by atoms with Gasteiger partial charge >= 0.3 is 5.69 Å². The summed E-state index contributed by atoms with van der Waals surface area (Å²) in [6, 6.07) is 20.5. The van der Waals surface area contributed by atoms with Crippen molar-refractivity contribution in [2.75, 3.05) is 51.1 Å². The molecule has 13 nitrogen and oxygen atoms in total. The Morgan fingerprint density at radius 3 is 2.32 bits per heavy atom. The number of halogens is 2. The Balaban J connectivity index is 0.705. The molecule has 3 amide bonds. The zero-order valence-electron chi connectivity index (χ0n) is 35.1. The molecule has 9 rings (SSSR count). The van der Waals surface area contributed by atoms with E-state index in [1.165, 1.54) is 17.7 Å². The fourth-order valence-electron chi connectivity index (χ4n) is 9.97. The molecule has 0 spiro atoms. The van der Waals surface area contributed by atoms with Crippen molar-refractivity contribution in [3.63, 3.8) is 0 Å². The first kappa shape index (κ1) is 41.9. The molecule has 4 aliphatic heterocycles. The van der Waals surface area contributed by atoms with Crippen LogP contribution in [0, 0.1) is 5.82 Å². The van der Waals surface area contributed by atoms with Gasteiger partial charge in [-0.2, -0.15) is 0 Å². The SMILES string of the molecule is Cn1c(=O)n(C2CCC(=O)NC2=O)c2ccc(C3CCN(C4CCN(CCC(=O)N5CCC(Nc6ncc(Cl)c(-c7cccc(-c8ccc(F)cc8)c7)n6)CC5)CC4)CC3)cc21. The zero-order chi connectivity index (χ0) is 42.9. The topological polar surface area (TPSA) is 138 Å². The summed E-state index contributed by atoms with van der Waals surface area (Å²) >= 11 is 6.57. The molecule has 6 heterocycles. The summed E-state index contributed by atoms with van der Waals surface area (Å²) in [5.41, 5.74) is 5.83. The van der Waals surface area contributed by atoms with E-state index in [0.29, 0.717) is 54.6 Å². The number of imide groups is 1. The molecule has 0 saturated carbocycles. The molecule has 5 aromatic rings. The smallest absolute Gasteiger partial charge is 0.329 e. The third-order valence-corrected chi connectivity index (χ3v) is 13.9. The van der Waals surface area contributed by atoms with Gasteiger partial charge in [0.2, 0.25) is 23.7 Å². The van der Waals surface area contributed by atoms with Crippen molar-refractivity contribution in [1.29, 1.82) is 0 Å². The number of nitrogens with zero attached hydrogens (tertiary/aromatic N) is 7. The number of benzene rings is 3. The zero-order valence-corrected chi connectivity index (χ0v) is 35.8. The molecule has 4 aliphatic rings. The van der Waals surface area contributed by atoms with Crippen LogP contribution < -0.4 is 16.3 Å². The minimum atomic E-state index is -0.682. The summed E-state index contributed by atoms with van der Waals surface area (Å²) in [4.78, 5) is 67.2. The fraction of sp³-hybridized carbons (Fsp3) is 0.447. The Labute approximate surface area is 365 Å². The number of carbonyl (C=O) groups is 3. The molecule has 324 valence electrons. The monoisotopic (exact) mass is 861 g/mol. The highest BCUT2D eigenvalue weighted by Gasteiger charge is 2.33. The van der Waals surface area contributed by atoms with Gasteiger partial charge in [-0.1, -0.05) is 48.0 Å². The van der Waals surface area contributed by atoms with Gasteiger partial charge in [0.05, 0.1) is 27.9 Å². The summed E-state index contributed by atoms with van der Waals surface area (Å²) in [6.07, 6.45) is 8.62. The first-order valence-corrected chi connectivity index (χ1v) is 22.4. The minimum absolute atomic E-state index is 0.140. The number of likely N-dealkylation sites (tertiary alicyclic amines) is 3. The number of hydrogen-bond acceptors (Lipinski definition) is 9. The number of hydrogen-bond donors (Lipinski definition) is 2. The fourth-order valence-corrected chi connectivity index (χ4v) is 10.2. The van der Waals surface area contributed by atoms with Gasteiger partial charge in [-0.15, -0.1) is 0 Å². The summed E-state index contributed by atoms with van der Waals surface area (Å²) in [6.45, 7) is 6.23. The number of amides is 3. The van der Waals surface area contributed by atoms with Gasteiger partial charge in [0.25, 0.3) is 0 Å². The number of rotatable bonds is 10. The number of aromatic nitrogens is 4. The molecule has 1 atom stereocenters. The quantitative estimate of drug-likeness (QED) is 0.154. The lowest BCUT2D eigenvalue weighted by Crippen LogP contribution is -2.48. The Hall–Kier alpha value is -5.44. The predicted molar refractivity (Wildman–Crippen MR) is 237 cm³/mol. The largest absolute Gasteiger partial charge is 0.351 e. The lowest BCUT2D eigenvalue weighted by Gasteiger charge is -2.42. The number of fused-ring (bicyclic) bond motifs is 1. The molecule has 3 aromatic carbocycles. The van der Waals surface area contributed by atoms with E-state index in [2.05, 4.69) is 37.6 Å². The lowest BCUT2D eigenvalue weighted by molar-refractivity contribution is -0.136. The van der Waals surface area contributed by atoms with Gasteiger partial charge in [0.1, 0.15) is 11.9 Å². The van der Waals surface area contributed by atoms with Crippen molar-refractivity contribution < 1.29 is 18.8 Å². The summed E-state index contributed by atoms with van der Waals surface area (Å²) < 4.78 is 16.7. The third kappa shape index (κ3) is 8.91. The van der Waals surface area contributed by atoms with E-state index in [1.54, 1.807) is 34.5 Å². The second kappa shape index (κ2) is 18.1. The first-order valence-electron chi connectivity index (χ1n) is 22.0. The molecule has 0 bridgehead atoms. The van der Waals surface area contributed by atoms with Crippen molar-refractivity contribution in [1.82, 2.24) is 39.1 Å². The average Bonchev–Trinajstić information content (AvgIpc) is 3.54. The highest BCUT2D eigenvalue weighted by Crippen LogP contribution is 2.34. The Bertz CT molecular complexity index is 2520. The van der Waals surface area contributed by atoms with E-state index in [4.69, 9.17) is 16.6 Å². The van der Waals surface area contributed by atoms with Crippen LogP contribution >= 0.6 is 11.6 Å². The van der Waals surface area contributed by atoms with Crippen LogP contribution in [0.2, 0.25) is 5.02 Å². The Morgan fingerprint density at radius 1 is 0.839 bits per heavy atom. The average molecular weight is 862 g/mol. The van der Waals surface area contributed by atoms with Gasteiger partial charge in [-0.05, 0) is 124 Å². The van der Waals surface area contributed by atoms with Crippen LogP contribution in [0.25, 0.3) is 33.4 Å². The third-order valence-electron chi connectivity index (χ3n) is 13.6. The van der Waals surface area contributed by atoms with Crippen molar-refractivity contribution in [3.8, 4) is 22.4 Å². The van der Waals surface area contributed by atoms with Crippen molar-refractivity contribution in [2.24, 2.45) is 7.05 Å². The van der Waals surface area contributed by atoms with Gasteiger partial charge in [0.15, 0.2) is 0 Å². The molecular weight excluding hydrogens is 809 g/mol. The normalized spacial score (nSPS) is 20.2. The summed E-state index contributed by atoms with van der Waals surface area (Å²) in [5, 5.41) is 6.31. The predicted octanol–water partition coefficient (Wildman–Crippen LogP) is 6.37. The van der Waals surface area contributed by atoms with E-state index in [-0.39, 0.29) is 35.8 Å². The number of nitrogens with one attached hydrogen (secondary N) is 2.